The van der Waals surface area contributed by atoms with Gasteiger partial charge in [-0.05, 0) is 30.9 Å². The van der Waals surface area contributed by atoms with E-state index in [2.05, 4.69) is 36.5 Å². The van der Waals surface area contributed by atoms with Crippen LogP contribution in [0, 0.1) is 0 Å². The highest BCUT2D eigenvalue weighted by molar-refractivity contribution is 5.75. The Morgan fingerprint density at radius 3 is 2.28 bits per heavy atom. The number of rotatable bonds is 7. The third-order valence-corrected chi connectivity index (χ3v) is 2.96. The highest BCUT2D eigenvalue weighted by Crippen LogP contribution is 2.06. The van der Waals surface area contributed by atoms with E-state index in [-0.39, 0.29) is 12.0 Å². The molecule has 0 bridgehead atoms. The molecule has 3 nitrogen and oxygen atoms in total. The molecule has 1 aromatic rings. The number of carbonyl (C=O) groups is 1. The Labute approximate surface area is 110 Å². The molecule has 100 valence electrons. The highest BCUT2D eigenvalue weighted by Gasteiger charge is 2.16. The minimum absolute atomic E-state index is 0.162. The minimum atomic E-state index is -0.212. The summed E-state index contributed by atoms with van der Waals surface area (Å²) >= 11 is 0. The van der Waals surface area contributed by atoms with Crippen LogP contribution in [-0.2, 0) is 22.5 Å². The second-order valence-corrected chi connectivity index (χ2v) is 4.26. The maximum Gasteiger partial charge on any atom is 0.323 e. The van der Waals surface area contributed by atoms with Gasteiger partial charge in [0.15, 0.2) is 0 Å². The zero-order chi connectivity index (χ0) is 13.4. The Morgan fingerprint density at radius 1 is 1.17 bits per heavy atom. The van der Waals surface area contributed by atoms with Gasteiger partial charge >= 0.3 is 5.97 Å². The molecule has 0 aliphatic rings. The zero-order valence-electron chi connectivity index (χ0n) is 11.5. The first-order valence-electron chi connectivity index (χ1n) is 6.69. The number of esters is 1. The second kappa shape index (κ2) is 7.88. The first kappa shape index (κ1) is 14.7. The van der Waals surface area contributed by atoms with E-state index in [4.69, 9.17) is 4.74 Å². The maximum absolute atomic E-state index is 11.6. The molecule has 0 amide bonds. The topological polar surface area (TPSA) is 38.3 Å². The van der Waals surface area contributed by atoms with Crippen LogP contribution in [0.2, 0.25) is 0 Å². The maximum atomic E-state index is 11.6. The summed E-state index contributed by atoms with van der Waals surface area (Å²) in [6.45, 7) is 7.08. The Morgan fingerprint density at radius 2 is 1.78 bits per heavy atom. The van der Waals surface area contributed by atoms with E-state index in [9.17, 15) is 4.79 Å². The fourth-order valence-corrected chi connectivity index (χ4v) is 1.77. The number of benzene rings is 1. The van der Waals surface area contributed by atoms with E-state index in [0.717, 1.165) is 12.8 Å². The van der Waals surface area contributed by atoms with Crippen LogP contribution in [0.15, 0.2) is 24.3 Å². The number of nitrogens with one attached hydrogen (secondary N) is 1. The summed E-state index contributed by atoms with van der Waals surface area (Å²) in [6.07, 6.45) is 1.79. The van der Waals surface area contributed by atoms with Crippen LogP contribution in [0.25, 0.3) is 0 Å². The molecule has 0 radical (unpaired) electrons. The summed E-state index contributed by atoms with van der Waals surface area (Å²) in [5.41, 5.74) is 2.52. The standard InChI is InChI=1S/C15H23NO2/c1-4-12-7-9-13(10-8-12)11-16-14(5-2)15(17)18-6-3/h7-10,14,16H,4-6,11H2,1-3H3. The van der Waals surface area contributed by atoms with Gasteiger partial charge in [0.05, 0.1) is 6.61 Å². The Kier molecular flexibility index (Phi) is 6.44. The van der Waals surface area contributed by atoms with Crippen molar-refractivity contribution in [3.63, 3.8) is 0 Å². The van der Waals surface area contributed by atoms with Crippen LogP contribution in [0.1, 0.15) is 38.3 Å². The molecule has 0 aliphatic heterocycles. The predicted molar refractivity (Wildman–Crippen MR) is 73.4 cm³/mol. The lowest BCUT2D eigenvalue weighted by Crippen LogP contribution is -2.37. The quantitative estimate of drug-likeness (QED) is 0.755. The van der Waals surface area contributed by atoms with Crippen LogP contribution in [0.5, 0.6) is 0 Å². The van der Waals surface area contributed by atoms with Crippen molar-refractivity contribution >= 4 is 5.97 Å². The number of hydrogen-bond donors (Lipinski definition) is 1. The predicted octanol–water partition coefficient (Wildman–Crippen LogP) is 2.68. The van der Waals surface area contributed by atoms with Crippen molar-refractivity contribution in [2.45, 2.75) is 46.2 Å². The monoisotopic (exact) mass is 249 g/mol. The number of ether oxygens (including phenoxy) is 1. The van der Waals surface area contributed by atoms with Gasteiger partial charge in [0.2, 0.25) is 0 Å². The second-order valence-electron chi connectivity index (χ2n) is 4.26. The molecule has 0 saturated carbocycles. The third-order valence-electron chi connectivity index (χ3n) is 2.96. The van der Waals surface area contributed by atoms with E-state index in [1.54, 1.807) is 0 Å². The smallest absolute Gasteiger partial charge is 0.323 e. The molecule has 0 saturated heterocycles. The minimum Gasteiger partial charge on any atom is -0.465 e. The van der Waals surface area contributed by atoms with Gasteiger partial charge in [-0.15, -0.1) is 0 Å². The van der Waals surface area contributed by atoms with Gasteiger partial charge < -0.3 is 10.1 Å². The molecule has 1 unspecified atom stereocenters. The molecule has 3 heteroatoms. The van der Waals surface area contributed by atoms with Gasteiger partial charge in [0.25, 0.3) is 0 Å². The van der Waals surface area contributed by atoms with Crippen LogP contribution in [-0.4, -0.2) is 18.6 Å². The van der Waals surface area contributed by atoms with Crippen molar-refractivity contribution in [1.29, 1.82) is 0 Å². The van der Waals surface area contributed by atoms with Gasteiger partial charge in [0.1, 0.15) is 6.04 Å². The fraction of sp³-hybridized carbons (Fsp3) is 0.533. The Bertz CT molecular complexity index is 359. The Balaban J connectivity index is 2.48. The van der Waals surface area contributed by atoms with Gasteiger partial charge in [0, 0.05) is 6.54 Å². The lowest BCUT2D eigenvalue weighted by molar-refractivity contribution is -0.145. The molecular formula is C15H23NO2. The van der Waals surface area contributed by atoms with Crippen LogP contribution >= 0.6 is 0 Å². The first-order chi connectivity index (χ1) is 8.71. The number of aryl methyl sites for hydroxylation is 1. The normalized spacial score (nSPS) is 12.2. The zero-order valence-corrected chi connectivity index (χ0v) is 11.5. The molecule has 1 aromatic carbocycles. The first-order valence-corrected chi connectivity index (χ1v) is 6.69. The molecular weight excluding hydrogens is 226 g/mol. The molecule has 0 heterocycles. The third kappa shape index (κ3) is 4.49. The van der Waals surface area contributed by atoms with Crippen LogP contribution in [0.3, 0.4) is 0 Å². The van der Waals surface area contributed by atoms with Gasteiger partial charge in [-0.2, -0.15) is 0 Å². The van der Waals surface area contributed by atoms with Gasteiger partial charge in [-0.1, -0.05) is 38.1 Å². The van der Waals surface area contributed by atoms with E-state index < -0.39 is 0 Å². The molecule has 0 aromatic heterocycles. The van der Waals surface area contributed by atoms with Crippen molar-refractivity contribution < 1.29 is 9.53 Å². The summed E-state index contributed by atoms with van der Waals surface area (Å²) in [4.78, 5) is 11.6. The molecule has 0 spiro atoms. The SMILES string of the molecule is CCOC(=O)C(CC)NCc1ccc(CC)cc1. The molecule has 1 N–H and O–H groups in total. The Hall–Kier alpha value is -1.35. The largest absolute Gasteiger partial charge is 0.465 e. The number of carbonyl (C=O) groups excluding carboxylic acids is 1. The summed E-state index contributed by atoms with van der Waals surface area (Å²) in [7, 11) is 0. The van der Waals surface area contributed by atoms with Gasteiger partial charge in [-0.3, -0.25) is 4.79 Å². The van der Waals surface area contributed by atoms with Crippen molar-refractivity contribution in [1.82, 2.24) is 5.32 Å². The average molecular weight is 249 g/mol. The summed E-state index contributed by atoms with van der Waals surface area (Å²) < 4.78 is 5.02. The van der Waals surface area contributed by atoms with E-state index in [0.29, 0.717) is 13.2 Å². The molecule has 1 atom stereocenters. The number of hydrogen-bond acceptors (Lipinski definition) is 3. The molecule has 0 aliphatic carbocycles. The summed E-state index contributed by atoms with van der Waals surface area (Å²) in [6, 6.07) is 8.24. The fourth-order valence-electron chi connectivity index (χ4n) is 1.77. The molecule has 18 heavy (non-hydrogen) atoms. The average Bonchev–Trinajstić information content (AvgIpc) is 2.40. The van der Waals surface area contributed by atoms with Crippen molar-refractivity contribution in [2.75, 3.05) is 6.61 Å². The molecule has 0 fully saturated rings. The van der Waals surface area contributed by atoms with Crippen LogP contribution < -0.4 is 5.32 Å². The van der Waals surface area contributed by atoms with Crippen LogP contribution in [0.4, 0.5) is 0 Å². The van der Waals surface area contributed by atoms with E-state index >= 15 is 0 Å². The molecule has 1 rings (SSSR count). The summed E-state index contributed by atoms with van der Waals surface area (Å²) in [5.74, 6) is -0.162. The van der Waals surface area contributed by atoms with E-state index in [1.165, 1.54) is 11.1 Å². The van der Waals surface area contributed by atoms with Crippen molar-refractivity contribution in [2.24, 2.45) is 0 Å². The van der Waals surface area contributed by atoms with E-state index in [1.807, 2.05) is 13.8 Å². The van der Waals surface area contributed by atoms with Gasteiger partial charge in [-0.25, -0.2) is 0 Å². The highest BCUT2D eigenvalue weighted by atomic mass is 16.5. The van der Waals surface area contributed by atoms with Crippen molar-refractivity contribution in [3.05, 3.63) is 35.4 Å². The summed E-state index contributed by atoms with van der Waals surface area (Å²) in [5, 5.41) is 3.23. The lowest BCUT2D eigenvalue weighted by Gasteiger charge is -2.15. The van der Waals surface area contributed by atoms with Crippen molar-refractivity contribution in [3.8, 4) is 0 Å². The lowest BCUT2D eigenvalue weighted by atomic mass is 10.1.